The Morgan fingerprint density at radius 3 is 1.70 bits per heavy atom. The quantitative estimate of drug-likeness (QED) is 0.627. The summed E-state index contributed by atoms with van der Waals surface area (Å²) in [4.78, 5) is 0. The van der Waals surface area contributed by atoms with Crippen LogP contribution in [0.5, 0.6) is 11.5 Å². The van der Waals surface area contributed by atoms with E-state index in [1.807, 2.05) is 24.3 Å². The fourth-order valence-corrected chi connectivity index (χ4v) is 5.24. The van der Waals surface area contributed by atoms with E-state index in [4.69, 9.17) is 0 Å². The third-order valence-corrected chi connectivity index (χ3v) is 6.42. The van der Waals surface area contributed by atoms with E-state index in [9.17, 15) is 10.2 Å². The van der Waals surface area contributed by atoms with Crippen LogP contribution in [0, 0.1) is 11.3 Å². The van der Waals surface area contributed by atoms with Crippen molar-refractivity contribution in [1.29, 1.82) is 0 Å². The fourth-order valence-electron chi connectivity index (χ4n) is 5.24. The SMILES string of the molecule is CC(C)(C)CC(C)(c1ccc(O)cc1)C1CCC(c2ccc(O)cc2)CC1. The van der Waals surface area contributed by atoms with Crippen LogP contribution in [0.2, 0.25) is 0 Å². The molecule has 2 nitrogen and oxygen atoms in total. The highest BCUT2D eigenvalue weighted by Gasteiger charge is 2.40. The molecular formula is C25H34O2. The molecule has 2 aromatic rings. The molecule has 0 radical (unpaired) electrons. The second-order valence-corrected chi connectivity index (χ2v) is 9.84. The lowest BCUT2D eigenvalue weighted by Crippen LogP contribution is -2.38. The summed E-state index contributed by atoms with van der Waals surface area (Å²) in [7, 11) is 0. The highest BCUT2D eigenvalue weighted by atomic mass is 16.3. The van der Waals surface area contributed by atoms with Crippen molar-refractivity contribution in [2.45, 2.75) is 71.1 Å². The van der Waals surface area contributed by atoms with Crippen LogP contribution in [0.1, 0.15) is 76.8 Å². The Morgan fingerprint density at radius 1 is 0.741 bits per heavy atom. The highest BCUT2D eigenvalue weighted by molar-refractivity contribution is 5.33. The number of hydrogen-bond donors (Lipinski definition) is 2. The molecule has 1 fully saturated rings. The summed E-state index contributed by atoms with van der Waals surface area (Å²) in [5, 5.41) is 19.3. The van der Waals surface area contributed by atoms with E-state index >= 15 is 0 Å². The molecule has 0 spiro atoms. The van der Waals surface area contributed by atoms with Gasteiger partial charge in [-0.05, 0) is 90.2 Å². The third kappa shape index (κ3) is 4.66. The van der Waals surface area contributed by atoms with Crippen molar-refractivity contribution in [1.82, 2.24) is 0 Å². The molecule has 0 aliphatic heterocycles. The van der Waals surface area contributed by atoms with Crippen LogP contribution in [0.25, 0.3) is 0 Å². The van der Waals surface area contributed by atoms with Gasteiger partial charge in [-0.15, -0.1) is 0 Å². The van der Waals surface area contributed by atoms with Gasteiger partial charge < -0.3 is 10.2 Å². The van der Waals surface area contributed by atoms with Gasteiger partial charge in [0, 0.05) is 0 Å². The number of phenolic OH excluding ortho intramolecular Hbond substituents is 2. The van der Waals surface area contributed by atoms with Crippen molar-refractivity contribution in [2.24, 2.45) is 11.3 Å². The second-order valence-electron chi connectivity index (χ2n) is 9.84. The van der Waals surface area contributed by atoms with Crippen LogP contribution in [-0.2, 0) is 5.41 Å². The Morgan fingerprint density at radius 2 is 1.22 bits per heavy atom. The monoisotopic (exact) mass is 366 g/mol. The lowest BCUT2D eigenvalue weighted by Gasteiger charge is -2.45. The van der Waals surface area contributed by atoms with Gasteiger partial charge in [0.15, 0.2) is 0 Å². The molecule has 1 aliphatic rings. The van der Waals surface area contributed by atoms with Gasteiger partial charge in [-0.1, -0.05) is 52.0 Å². The number of benzene rings is 2. The smallest absolute Gasteiger partial charge is 0.115 e. The summed E-state index contributed by atoms with van der Waals surface area (Å²) in [6.45, 7) is 9.41. The van der Waals surface area contributed by atoms with Gasteiger partial charge in [0.05, 0.1) is 0 Å². The number of rotatable bonds is 4. The van der Waals surface area contributed by atoms with Gasteiger partial charge in [-0.3, -0.25) is 0 Å². The lowest BCUT2D eigenvalue weighted by molar-refractivity contribution is 0.147. The minimum atomic E-state index is 0.117. The molecule has 0 heterocycles. The summed E-state index contributed by atoms with van der Waals surface area (Å²) in [5.74, 6) is 1.93. The van der Waals surface area contributed by atoms with Gasteiger partial charge in [0.25, 0.3) is 0 Å². The summed E-state index contributed by atoms with van der Waals surface area (Å²) in [5.41, 5.74) is 3.07. The molecular weight excluding hydrogens is 332 g/mol. The predicted molar refractivity (Wildman–Crippen MR) is 112 cm³/mol. The highest BCUT2D eigenvalue weighted by Crippen LogP contribution is 2.50. The number of aromatic hydroxyl groups is 2. The van der Waals surface area contributed by atoms with E-state index in [2.05, 4.69) is 52.0 Å². The molecule has 1 atom stereocenters. The average Bonchev–Trinajstić information content (AvgIpc) is 2.61. The Kier molecular flexibility index (Phi) is 5.55. The lowest BCUT2D eigenvalue weighted by atomic mass is 9.59. The van der Waals surface area contributed by atoms with Crippen LogP contribution in [0.4, 0.5) is 0 Å². The van der Waals surface area contributed by atoms with Crippen molar-refractivity contribution in [3.05, 3.63) is 59.7 Å². The summed E-state index contributed by atoms with van der Waals surface area (Å²) in [6.07, 6.45) is 5.98. The Bertz CT molecular complexity index is 731. The zero-order valence-electron chi connectivity index (χ0n) is 17.2. The third-order valence-electron chi connectivity index (χ3n) is 6.42. The average molecular weight is 367 g/mol. The molecule has 3 rings (SSSR count). The van der Waals surface area contributed by atoms with E-state index in [1.54, 1.807) is 0 Å². The topological polar surface area (TPSA) is 40.5 Å². The van der Waals surface area contributed by atoms with Crippen LogP contribution in [0.15, 0.2) is 48.5 Å². The Labute approximate surface area is 164 Å². The fraction of sp³-hybridized carbons (Fsp3) is 0.520. The maximum absolute atomic E-state index is 9.73. The maximum atomic E-state index is 9.73. The Hall–Kier alpha value is -1.96. The van der Waals surface area contributed by atoms with E-state index in [0.29, 0.717) is 23.3 Å². The van der Waals surface area contributed by atoms with Gasteiger partial charge in [0.1, 0.15) is 11.5 Å². The van der Waals surface area contributed by atoms with Crippen molar-refractivity contribution in [3.63, 3.8) is 0 Å². The normalized spacial score (nSPS) is 23.0. The van der Waals surface area contributed by atoms with Crippen molar-refractivity contribution in [2.75, 3.05) is 0 Å². The summed E-state index contributed by atoms with van der Waals surface area (Å²) < 4.78 is 0. The molecule has 2 aromatic carbocycles. The molecule has 0 aromatic heterocycles. The van der Waals surface area contributed by atoms with E-state index in [1.165, 1.54) is 36.8 Å². The molecule has 27 heavy (non-hydrogen) atoms. The summed E-state index contributed by atoms with van der Waals surface area (Å²) in [6, 6.07) is 15.7. The first-order valence-electron chi connectivity index (χ1n) is 10.3. The van der Waals surface area contributed by atoms with Crippen molar-refractivity contribution >= 4 is 0 Å². The van der Waals surface area contributed by atoms with Gasteiger partial charge >= 0.3 is 0 Å². The maximum Gasteiger partial charge on any atom is 0.115 e. The molecule has 0 bridgehead atoms. The van der Waals surface area contributed by atoms with Crippen molar-refractivity contribution in [3.8, 4) is 11.5 Å². The van der Waals surface area contributed by atoms with Gasteiger partial charge in [-0.25, -0.2) is 0 Å². The zero-order chi connectivity index (χ0) is 19.7. The molecule has 2 N–H and O–H groups in total. The molecule has 1 aliphatic carbocycles. The number of phenols is 2. The minimum absolute atomic E-state index is 0.117. The Balaban J connectivity index is 1.80. The van der Waals surface area contributed by atoms with Gasteiger partial charge in [-0.2, -0.15) is 0 Å². The van der Waals surface area contributed by atoms with Crippen LogP contribution < -0.4 is 0 Å². The molecule has 2 heteroatoms. The number of hydrogen-bond acceptors (Lipinski definition) is 2. The molecule has 146 valence electrons. The zero-order valence-corrected chi connectivity index (χ0v) is 17.2. The minimum Gasteiger partial charge on any atom is -0.508 e. The molecule has 1 unspecified atom stereocenters. The second kappa shape index (κ2) is 7.58. The van der Waals surface area contributed by atoms with Gasteiger partial charge in [0.2, 0.25) is 0 Å². The first kappa shape index (κ1) is 19.8. The largest absolute Gasteiger partial charge is 0.508 e. The van der Waals surface area contributed by atoms with E-state index in [0.717, 1.165) is 6.42 Å². The van der Waals surface area contributed by atoms with Crippen molar-refractivity contribution < 1.29 is 10.2 Å². The molecule has 1 saturated carbocycles. The first-order valence-corrected chi connectivity index (χ1v) is 10.3. The van der Waals surface area contributed by atoms with E-state index in [-0.39, 0.29) is 10.8 Å². The van der Waals surface area contributed by atoms with Crippen LogP contribution in [0.3, 0.4) is 0 Å². The standard InChI is InChI=1S/C25H34O2/c1-24(2,3)17-25(4,21-11-15-23(27)16-12-21)20-9-5-18(6-10-20)19-7-13-22(26)14-8-19/h7-8,11-16,18,20,26-27H,5-6,9-10,17H2,1-4H3. The molecule has 0 amide bonds. The van der Waals surface area contributed by atoms with Crippen LogP contribution in [-0.4, -0.2) is 10.2 Å². The summed E-state index contributed by atoms with van der Waals surface area (Å²) >= 11 is 0. The predicted octanol–water partition coefficient (Wildman–Crippen LogP) is 6.77. The molecule has 0 saturated heterocycles. The van der Waals surface area contributed by atoms with E-state index < -0.39 is 0 Å². The van der Waals surface area contributed by atoms with Crippen LogP contribution >= 0.6 is 0 Å². The first-order chi connectivity index (χ1) is 12.7.